The first-order valence-corrected chi connectivity index (χ1v) is 31.4. The third kappa shape index (κ3) is 34.1. The SMILES string of the molecule is CCCCCCCC/C=C\CCCCCCCCCCCC(=O)NC(COC1OC(CO)C(OC2OC(CO)C(O)C(O)C2O)C(O)C1O)C(O)/C=C/CC/C=C/CC/C=C/CCCCCCCCCCCCCCCC. The van der Waals surface area contributed by atoms with Crippen molar-refractivity contribution >= 4 is 5.91 Å². The molecule has 9 N–H and O–H groups in total. The highest BCUT2D eigenvalue weighted by Gasteiger charge is 2.51. The van der Waals surface area contributed by atoms with E-state index in [1.54, 1.807) is 6.08 Å². The van der Waals surface area contributed by atoms with Gasteiger partial charge in [-0.15, -0.1) is 0 Å². The van der Waals surface area contributed by atoms with Crippen LogP contribution in [0.15, 0.2) is 48.6 Å². The standard InChI is InChI=1S/C63H115NO13/c1-3-5-7-9-11-13-15-17-19-21-23-24-25-26-27-29-30-32-34-36-38-40-42-44-46-52(67)51(64-55(68)47-45-43-41-39-37-35-33-31-28-22-20-18-16-14-12-10-8-6-4-2)50-74-62-60(73)58(71)61(54(49-66)76-62)77-63-59(72)57(70)56(69)53(48-65)75-63/h18,20,29-30,36,38,44,46,51-54,56-63,65-67,69-73H,3-17,19,21-28,31-35,37,39-43,45,47-50H2,1-2H3,(H,64,68)/b20-18-,30-29+,38-36+,46-44+. The van der Waals surface area contributed by atoms with Gasteiger partial charge in [0.15, 0.2) is 12.6 Å². The number of ether oxygens (including phenoxy) is 4. The number of amides is 1. The van der Waals surface area contributed by atoms with Crippen molar-refractivity contribution in [3.05, 3.63) is 48.6 Å². The number of allylic oxidation sites excluding steroid dienone is 7. The zero-order chi connectivity index (χ0) is 56.0. The van der Waals surface area contributed by atoms with Gasteiger partial charge in [-0.25, -0.2) is 0 Å². The molecule has 0 aromatic carbocycles. The van der Waals surface area contributed by atoms with Crippen LogP contribution in [-0.4, -0.2) is 140 Å². The summed E-state index contributed by atoms with van der Waals surface area (Å²) in [6, 6.07) is -0.940. The monoisotopic (exact) mass is 1090 g/mol. The van der Waals surface area contributed by atoms with E-state index in [0.717, 1.165) is 44.9 Å². The second kappa shape index (κ2) is 48.6. The largest absolute Gasteiger partial charge is 0.394 e. The van der Waals surface area contributed by atoms with Gasteiger partial charge in [0.2, 0.25) is 5.91 Å². The molecule has 0 aliphatic carbocycles. The van der Waals surface area contributed by atoms with Crippen molar-refractivity contribution in [2.45, 2.75) is 325 Å². The molecule has 0 spiro atoms. The highest BCUT2D eigenvalue weighted by molar-refractivity contribution is 5.76. The Kier molecular flexibility index (Phi) is 44.9. The molecular formula is C63H115NO13. The maximum Gasteiger partial charge on any atom is 0.220 e. The Balaban J connectivity index is 1.77. The maximum atomic E-state index is 13.3. The van der Waals surface area contributed by atoms with Gasteiger partial charge in [-0.3, -0.25) is 4.79 Å². The molecule has 2 aliphatic rings. The van der Waals surface area contributed by atoms with E-state index in [1.165, 1.54) is 173 Å². The van der Waals surface area contributed by atoms with Crippen LogP contribution in [0.5, 0.6) is 0 Å². The van der Waals surface area contributed by atoms with Crippen molar-refractivity contribution in [1.29, 1.82) is 0 Å². The highest BCUT2D eigenvalue weighted by Crippen LogP contribution is 2.30. The van der Waals surface area contributed by atoms with E-state index in [0.29, 0.717) is 12.8 Å². The summed E-state index contributed by atoms with van der Waals surface area (Å²) in [7, 11) is 0. The van der Waals surface area contributed by atoms with Crippen LogP contribution in [0.3, 0.4) is 0 Å². The minimum atomic E-state index is -1.79. The summed E-state index contributed by atoms with van der Waals surface area (Å²) in [6.45, 7) is 2.79. The number of hydrogen-bond acceptors (Lipinski definition) is 13. The van der Waals surface area contributed by atoms with Crippen LogP contribution < -0.4 is 5.32 Å². The van der Waals surface area contributed by atoms with Gasteiger partial charge < -0.3 is 65.1 Å². The Morgan fingerprint density at radius 1 is 0.455 bits per heavy atom. The molecule has 0 radical (unpaired) electrons. The third-order valence-corrected chi connectivity index (χ3v) is 15.2. The number of unbranched alkanes of at least 4 members (excludes halogenated alkanes) is 31. The smallest absolute Gasteiger partial charge is 0.220 e. The van der Waals surface area contributed by atoms with Gasteiger partial charge in [-0.1, -0.05) is 223 Å². The van der Waals surface area contributed by atoms with Crippen molar-refractivity contribution < 1.29 is 64.6 Å². The predicted molar refractivity (Wildman–Crippen MR) is 309 cm³/mol. The summed E-state index contributed by atoms with van der Waals surface area (Å²) >= 11 is 0. The summed E-state index contributed by atoms with van der Waals surface area (Å²) in [6.07, 6.45) is 44.4. The van der Waals surface area contributed by atoms with Gasteiger partial charge in [0.05, 0.1) is 32.0 Å². The van der Waals surface area contributed by atoms with Gasteiger partial charge in [0, 0.05) is 6.42 Å². The lowest BCUT2D eigenvalue weighted by Crippen LogP contribution is -2.65. The Labute approximate surface area is 467 Å². The van der Waals surface area contributed by atoms with Crippen molar-refractivity contribution in [3.63, 3.8) is 0 Å². The molecule has 0 aromatic heterocycles. The summed E-state index contributed by atoms with van der Waals surface area (Å²) < 4.78 is 22.8. The number of aliphatic hydroxyl groups excluding tert-OH is 8. The zero-order valence-corrected chi connectivity index (χ0v) is 48.5. The molecule has 2 aliphatic heterocycles. The minimum absolute atomic E-state index is 0.255. The normalized spacial score (nSPS) is 25.0. The molecular weight excluding hydrogens is 979 g/mol. The van der Waals surface area contributed by atoms with Crippen LogP contribution in [0, 0.1) is 0 Å². The lowest BCUT2D eigenvalue weighted by molar-refractivity contribution is -0.359. The van der Waals surface area contributed by atoms with E-state index < -0.39 is 86.8 Å². The fraction of sp³-hybridized carbons (Fsp3) is 0.857. The average molecular weight is 1090 g/mol. The molecule has 2 rings (SSSR count). The molecule has 0 saturated carbocycles. The van der Waals surface area contributed by atoms with E-state index in [4.69, 9.17) is 18.9 Å². The van der Waals surface area contributed by atoms with Crippen LogP contribution in [0.1, 0.15) is 251 Å². The lowest BCUT2D eigenvalue weighted by Gasteiger charge is -2.46. The van der Waals surface area contributed by atoms with Gasteiger partial charge in [0.1, 0.15) is 48.8 Å². The fourth-order valence-corrected chi connectivity index (χ4v) is 10.1. The first-order valence-electron chi connectivity index (χ1n) is 31.4. The summed E-state index contributed by atoms with van der Waals surface area (Å²) in [5, 5.41) is 87.2. The molecule has 2 fully saturated rings. The van der Waals surface area contributed by atoms with Crippen LogP contribution in [-0.2, 0) is 23.7 Å². The van der Waals surface area contributed by atoms with Crippen LogP contribution in [0.4, 0.5) is 0 Å². The molecule has 12 atom stereocenters. The van der Waals surface area contributed by atoms with Gasteiger partial charge in [-0.2, -0.15) is 0 Å². The molecule has 450 valence electrons. The van der Waals surface area contributed by atoms with Crippen LogP contribution in [0.2, 0.25) is 0 Å². The predicted octanol–water partition coefficient (Wildman–Crippen LogP) is 11.2. The topological polar surface area (TPSA) is 228 Å². The molecule has 2 saturated heterocycles. The first-order chi connectivity index (χ1) is 37.6. The van der Waals surface area contributed by atoms with Gasteiger partial charge >= 0.3 is 0 Å². The molecule has 1 amide bonds. The molecule has 14 nitrogen and oxygen atoms in total. The third-order valence-electron chi connectivity index (χ3n) is 15.2. The van der Waals surface area contributed by atoms with E-state index in [1.807, 2.05) is 6.08 Å². The Morgan fingerprint density at radius 2 is 0.831 bits per heavy atom. The van der Waals surface area contributed by atoms with Gasteiger partial charge in [0.25, 0.3) is 0 Å². The molecule has 14 heteroatoms. The van der Waals surface area contributed by atoms with Crippen molar-refractivity contribution in [2.24, 2.45) is 0 Å². The van der Waals surface area contributed by atoms with Crippen molar-refractivity contribution in [1.82, 2.24) is 5.32 Å². The molecule has 0 bridgehead atoms. The fourth-order valence-electron chi connectivity index (χ4n) is 10.1. The maximum absolute atomic E-state index is 13.3. The number of hydrogen-bond donors (Lipinski definition) is 9. The Hall–Kier alpha value is -2.05. The second-order valence-electron chi connectivity index (χ2n) is 22.2. The molecule has 0 aromatic rings. The molecule has 2 heterocycles. The number of nitrogens with one attached hydrogen (secondary N) is 1. The van der Waals surface area contributed by atoms with Crippen LogP contribution >= 0.6 is 0 Å². The first kappa shape index (κ1) is 71.1. The Bertz CT molecular complexity index is 1480. The number of aliphatic hydroxyl groups is 8. The molecule has 12 unspecified atom stereocenters. The van der Waals surface area contributed by atoms with E-state index in [9.17, 15) is 45.6 Å². The number of rotatable bonds is 50. The van der Waals surface area contributed by atoms with Crippen molar-refractivity contribution in [2.75, 3.05) is 19.8 Å². The second-order valence-corrected chi connectivity index (χ2v) is 22.2. The highest BCUT2D eigenvalue weighted by atomic mass is 16.7. The van der Waals surface area contributed by atoms with E-state index in [-0.39, 0.29) is 18.9 Å². The summed E-state index contributed by atoms with van der Waals surface area (Å²) in [4.78, 5) is 13.3. The van der Waals surface area contributed by atoms with Crippen molar-refractivity contribution in [3.8, 4) is 0 Å². The van der Waals surface area contributed by atoms with E-state index in [2.05, 4.69) is 55.6 Å². The zero-order valence-electron chi connectivity index (χ0n) is 48.5. The van der Waals surface area contributed by atoms with Crippen LogP contribution in [0.25, 0.3) is 0 Å². The summed E-state index contributed by atoms with van der Waals surface area (Å²) in [5.74, 6) is -0.255. The van der Waals surface area contributed by atoms with E-state index >= 15 is 0 Å². The number of carbonyl (C=O) groups excluding carboxylic acids is 1. The Morgan fingerprint density at radius 3 is 1.27 bits per heavy atom. The number of carbonyl (C=O) groups is 1. The molecule has 77 heavy (non-hydrogen) atoms. The summed E-state index contributed by atoms with van der Waals surface area (Å²) in [5.41, 5.74) is 0. The lowest BCUT2D eigenvalue weighted by atomic mass is 9.97. The average Bonchev–Trinajstić information content (AvgIpc) is 3.44. The minimum Gasteiger partial charge on any atom is -0.394 e. The van der Waals surface area contributed by atoms with Gasteiger partial charge in [-0.05, 0) is 70.6 Å². The quantitative estimate of drug-likeness (QED) is 0.0204.